The highest BCUT2D eigenvalue weighted by molar-refractivity contribution is 6.19. The van der Waals surface area contributed by atoms with Gasteiger partial charge in [0, 0.05) is 12.1 Å². The summed E-state index contributed by atoms with van der Waals surface area (Å²) in [6.07, 6.45) is 0.521. The lowest BCUT2D eigenvalue weighted by Crippen LogP contribution is -2.65. The van der Waals surface area contributed by atoms with Crippen LogP contribution in [0.4, 0.5) is 10.5 Å². The van der Waals surface area contributed by atoms with Gasteiger partial charge in [-0.25, -0.2) is 9.69 Å². The number of anilines is 1. The van der Waals surface area contributed by atoms with E-state index in [1.54, 1.807) is 54.6 Å². The Kier molecular flexibility index (Phi) is 4.09. The second kappa shape index (κ2) is 6.57. The van der Waals surface area contributed by atoms with Crippen molar-refractivity contribution in [3.8, 4) is 6.07 Å². The molecule has 2 unspecified atom stereocenters. The first-order valence-electron chi connectivity index (χ1n) is 8.61. The second-order valence-corrected chi connectivity index (χ2v) is 6.49. The number of nitriles is 1. The minimum Gasteiger partial charge on any atom is -0.332 e. The van der Waals surface area contributed by atoms with Crippen molar-refractivity contribution in [2.45, 2.75) is 18.5 Å². The van der Waals surface area contributed by atoms with E-state index >= 15 is 0 Å². The molecule has 4 rings (SSSR count). The molecular weight excluding hydrogens is 344 g/mol. The molecular formula is C20H16N4O3. The van der Waals surface area contributed by atoms with E-state index in [9.17, 15) is 14.4 Å². The maximum atomic E-state index is 13.1. The Morgan fingerprint density at radius 3 is 2.44 bits per heavy atom. The fourth-order valence-corrected chi connectivity index (χ4v) is 3.61. The van der Waals surface area contributed by atoms with Crippen LogP contribution < -0.4 is 10.2 Å². The van der Waals surface area contributed by atoms with Gasteiger partial charge in [0.15, 0.2) is 0 Å². The molecule has 134 valence electrons. The zero-order chi connectivity index (χ0) is 19.0. The monoisotopic (exact) mass is 360 g/mol. The van der Waals surface area contributed by atoms with Gasteiger partial charge < -0.3 is 10.2 Å². The van der Waals surface area contributed by atoms with Crippen molar-refractivity contribution >= 4 is 23.5 Å². The Labute approximate surface area is 155 Å². The number of urea groups is 1. The minimum atomic E-state index is -0.744. The van der Waals surface area contributed by atoms with Crippen LogP contribution in [0.2, 0.25) is 0 Å². The molecule has 7 nitrogen and oxygen atoms in total. The highest BCUT2D eigenvalue weighted by atomic mass is 16.2. The van der Waals surface area contributed by atoms with E-state index in [0.29, 0.717) is 29.8 Å². The van der Waals surface area contributed by atoms with Crippen LogP contribution in [0.15, 0.2) is 54.6 Å². The number of benzene rings is 2. The Morgan fingerprint density at radius 1 is 1.07 bits per heavy atom. The van der Waals surface area contributed by atoms with Crippen LogP contribution in [-0.2, 0) is 4.79 Å². The third-order valence-electron chi connectivity index (χ3n) is 4.92. The molecule has 2 fully saturated rings. The molecule has 0 bridgehead atoms. The van der Waals surface area contributed by atoms with Gasteiger partial charge in [-0.1, -0.05) is 18.2 Å². The number of amides is 4. The SMILES string of the molecule is N#Cc1ccc(C(=O)N2CCC3NC(=O)N(c4ccccc4)C(=O)C32)cc1. The molecule has 2 atom stereocenters. The normalized spacial score (nSPS) is 21.4. The predicted molar refractivity (Wildman–Crippen MR) is 96.8 cm³/mol. The highest BCUT2D eigenvalue weighted by Gasteiger charge is 2.49. The summed E-state index contributed by atoms with van der Waals surface area (Å²) >= 11 is 0. The molecule has 2 aromatic rings. The van der Waals surface area contributed by atoms with E-state index in [2.05, 4.69) is 5.32 Å². The third kappa shape index (κ3) is 2.81. The van der Waals surface area contributed by atoms with E-state index in [1.165, 1.54) is 4.90 Å². The molecule has 0 aliphatic carbocycles. The Balaban J connectivity index is 1.63. The maximum absolute atomic E-state index is 13.1. The lowest BCUT2D eigenvalue weighted by Gasteiger charge is -2.36. The first-order valence-corrected chi connectivity index (χ1v) is 8.61. The minimum absolute atomic E-state index is 0.287. The third-order valence-corrected chi connectivity index (χ3v) is 4.92. The Morgan fingerprint density at radius 2 is 1.78 bits per heavy atom. The molecule has 0 saturated carbocycles. The number of fused-ring (bicyclic) bond motifs is 1. The van der Waals surface area contributed by atoms with Crippen LogP contribution in [0.5, 0.6) is 0 Å². The molecule has 0 spiro atoms. The number of hydrogen-bond donors (Lipinski definition) is 1. The number of imide groups is 1. The standard InChI is InChI=1S/C20H16N4O3/c21-12-13-6-8-14(9-7-13)18(25)23-11-10-16-17(23)19(26)24(20(27)22-16)15-4-2-1-3-5-15/h1-9,16-17H,10-11H2,(H,22,27). The van der Waals surface area contributed by atoms with Crippen molar-refractivity contribution in [3.63, 3.8) is 0 Å². The van der Waals surface area contributed by atoms with Gasteiger partial charge in [0.05, 0.1) is 23.4 Å². The summed E-state index contributed by atoms with van der Waals surface area (Å²) in [6.45, 7) is 0.378. The first kappa shape index (κ1) is 16.8. The van der Waals surface area contributed by atoms with Crippen molar-refractivity contribution < 1.29 is 14.4 Å². The summed E-state index contributed by atoms with van der Waals surface area (Å²) in [5.41, 5.74) is 1.34. The molecule has 1 N–H and O–H groups in total. The summed E-state index contributed by atoms with van der Waals surface area (Å²) < 4.78 is 0. The van der Waals surface area contributed by atoms with Crippen molar-refractivity contribution in [3.05, 3.63) is 65.7 Å². The van der Waals surface area contributed by atoms with Crippen LogP contribution in [0.3, 0.4) is 0 Å². The topological polar surface area (TPSA) is 93.5 Å². The molecule has 2 heterocycles. The molecule has 7 heteroatoms. The van der Waals surface area contributed by atoms with Gasteiger partial charge in [0.1, 0.15) is 6.04 Å². The zero-order valence-electron chi connectivity index (χ0n) is 14.3. The predicted octanol–water partition coefficient (Wildman–Crippen LogP) is 1.90. The van der Waals surface area contributed by atoms with Crippen LogP contribution in [0.1, 0.15) is 22.3 Å². The van der Waals surface area contributed by atoms with Gasteiger partial charge in [0.25, 0.3) is 11.8 Å². The summed E-state index contributed by atoms with van der Waals surface area (Å²) in [7, 11) is 0. The fourth-order valence-electron chi connectivity index (χ4n) is 3.61. The number of nitrogens with zero attached hydrogens (tertiary/aromatic N) is 3. The summed E-state index contributed by atoms with van der Waals surface area (Å²) in [6, 6.07) is 15.4. The van der Waals surface area contributed by atoms with Crippen LogP contribution >= 0.6 is 0 Å². The second-order valence-electron chi connectivity index (χ2n) is 6.49. The number of hydrogen-bond acceptors (Lipinski definition) is 4. The van der Waals surface area contributed by atoms with Gasteiger partial charge >= 0.3 is 6.03 Å². The number of nitrogens with one attached hydrogen (secondary N) is 1. The van der Waals surface area contributed by atoms with Gasteiger partial charge in [-0.15, -0.1) is 0 Å². The smallest absolute Gasteiger partial charge is 0.329 e. The molecule has 2 aliphatic rings. The van der Waals surface area contributed by atoms with Crippen LogP contribution in [0.25, 0.3) is 0 Å². The number of para-hydroxylation sites is 1. The first-order chi connectivity index (χ1) is 13.1. The summed E-state index contributed by atoms with van der Waals surface area (Å²) in [5.74, 6) is -0.695. The van der Waals surface area contributed by atoms with E-state index in [-0.39, 0.29) is 5.91 Å². The summed E-state index contributed by atoms with van der Waals surface area (Å²) in [4.78, 5) is 41.0. The van der Waals surface area contributed by atoms with E-state index in [1.807, 2.05) is 6.07 Å². The van der Waals surface area contributed by atoms with Gasteiger partial charge in [0.2, 0.25) is 0 Å². The number of likely N-dealkylation sites (tertiary alicyclic amines) is 1. The van der Waals surface area contributed by atoms with E-state index in [0.717, 1.165) is 4.90 Å². The average molecular weight is 360 g/mol. The van der Waals surface area contributed by atoms with E-state index < -0.39 is 24.0 Å². The van der Waals surface area contributed by atoms with Gasteiger partial charge in [-0.3, -0.25) is 9.59 Å². The lowest BCUT2D eigenvalue weighted by atomic mass is 10.0. The molecule has 4 amide bonds. The summed E-state index contributed by atoms with van der Waals surface area (Å²) in [5, 5.41) is 11.7. The molecule has 2 aromatic carbocycles. The van der Waals surface area contributed by atoms with Gasteiger partial charge in [-0.05, 0) is 42.8 Å². The maximum Gasteiger partial charge on any atom is 0.329 e. The van der Waals surface area contributed by atoms with Crippen LogP contribution in [0, 0.1) is 11.3 Å². The Bertz CT molecular complexity index is 949. The van der Waals surface area contributed by atoms with Crippen molar-refractivity contribution in [1.29, 1.82) is 5.26 Å². The molecule has 0 radical (unpaired) electrons. The van der Waals surface area contributed by atoms with Crippen LogP contribution in [-0.4, -0.2) is 41.4 Å². The average Bonchev–Trinajstić information content (AvgIpc) is 3.12. The zero-order valence-corrected chi connectivity index (χ0v) is 14.3. The fraction of sp³-hybridized carbons (Fsp3) is 0.200. The van der Waals surface area contributed by atoms with Crippen molar-refractivity contribution in [2.24, 2.45) is 0 Å². The molecule has 27 heavy (non-hydrogen) atoms. The highest BCUT2D eigenvalue weighted by Crippen LogP contribution is 2.28. The largest absolute Gasteiger partial charge is 0.332 e. The molecule has 0 aromatic heterocycles. The van der Waals surface area contributed by atoms with Gasteiger partial charge in [-0.2, -0.15) is 5.26 Å². The molecule has 2 aliphatic heterocycles. The van der Waals surface area contributed by atoms with Crippen molar-refractivity contribution in [2.75, 3.05) is 11.4 Å². The number of rotatable bonds is 2. The number of carbonyl (C=O) groups excluding carboxylic acids is 3. The lowest BCUT2D eigenvalue weighted by molar-refractivity contribution is -0.122. The van der Waals surface area contributed by atoms with Crippen molar-refractivity contribution in [1.82, 2.24) is 10.2 Å². The Hall–Kier alpha value is -3.66. The number of carbonyl (C=O) groups is 3. The quantitative estimate of drug-likeness (QED) is 0.885. The van der Waals surface area contributed by atoms with E-state index in [4.69, 9.17) is 5.26 Å². The molecule has 2 saturated heterocycles.